The summed E-state index contributed by atoms with van der Waals surface area (Å²) in [5.74, 6) is -0.391. The Labute approximate surface area is 155 Å². The normalized spacial score (nSPS) is 14.5. The maximum atomic E-state index is 12.1. The number of fused-ring (bicyclic) bond motifs is 1. The van der Waals surface area contributed by atoms with Crippen molar-refractivity contribution in [2.45, 2.75) is 40.0 Å². The first-order valence-corrected chi connectivity index (χ1v) is 10.3. The Balaban J connectivity index is 2.21. The highest BCUT2D eigenvalue weighted by Gasteiger charge is 2.28. The molecule has 0 aromatic heterocycles. The number of phenols is 1. The molecule has 0 radical (unpaired) electrons. The molecule has 1 aliphatic rings. The first kappa shape index (κ1) is 20.8. The van der Waals surface area contributed by atoms with Crippen molar-refractivity contribution >= 4 is 14.3 Å². The molecule has 0 fully saturated rings. The monoisotopic (exact) mass is 381 g/mol. The zero-order chi connectivity index (χ0) is 19.3. The number of carbonyl (C=O) groups is 1. The Hall–Kier alpha value is -1.46. The van der Waals surface area contributed by atoms with Gasteiger partial charge >= 0.3 is 5.97 Å². The molecule has 0 amide bonds. The van der Waals surface area contributed by atoms with Crippen molar-refractivity contribution in [2.24, 2.45) is 0 Å². The minimum atomic E-state index is -1.86. The highest BCUT2D eigenvalue weighted by atomic mass is 31.2. The van der Waals surface area contributed by atoms with Gasteiger partial charge in [0.2, 0.25) is 0 Å². The second-order valence-corrected chi connectivity index (χ2v) is 7.74. The molecule has 0 bridgehead atoms. The molecular formula is C19H28NO5P. The number of allylic oxidation sites excluding steroid dienone is 1. The fourth-order valence-corrected chi connectivity index (χ4v) is 3.75. The molecule has 144 valence electrons. The van der Waals surface area contributed by atoms with Gasteiger partial charge < -0.3 is 24.9 Å². The van der Waals surface area contributed by atoms with Gasteiger partial charge in [0, 0.05) is 31.2 Å². The molecule has 0 saturated heterocycles. The molecule has 6 nitrogen and oxygen atoms in total. The van der Waals surface area contributed by atoms with E-state index in [1.165, 1.54) is 0 Å². The van der Waals surface area contributed by atoms with Crippen LogP contribution in [-0.2, 0) is 24.0 Å². The average Bonchev–Trinajstić information content (AvgIpc) is 2.60. The van der Waals surface area contributed by atoms with Crippen LogP contribution >= 0.6 is 8.38 Å². The van der Waals surface area contributed by atoms with Crippen LogP contribution in [0.25, 0.3) is 0 Å². The third-order valence-electron chi connectivity index (χ3n) is 4.78. The minimum Gasteiger partial charge on any atom is -0.507 e. The standard InChI is InChI=1S/C19H28NO5P/c1-4-14-13(3)15-7-9-25-19(22)17(15)18(21)16(14)6-5-12(2)11-20-8-10-26(23)24/h5,20-21,23-24H,4,6-11H2,1-3H3/b12-5+. The predicted octanol–water partition coefficient (Wildman–Crippen LogP) is 2.35. The van der Waals surface area contributed by atoms with E-state index in [1.54, 1.807) is 0 Å². The smallest absolute Gasteiger partial charge is 0.342 e. The van der Waals surface area contributed by atoms with Crippen LogP contribution in [0.3, 0.4) is 0 Å². The lowest BCUT2D eigenvalue weighted by Gasteiger charge is -2.24. The van der Waals surface area contributed by atoms with Gasteiger partial charge in [-0.1, -0.05) is 18.6 Å². The molecule has 1 heterocycles. The van der Waals surface area contributed by atoms with E-state index in [-0.39, 0.29) is 5.75 Å². The largest absolute Gasteiger partial charge is 0.507 e. The molecule has 7 heteroatoms. The lowest BCUT2D eigenvalue weighted by molar-refractivity contribution is 0.0475. The summed E-state index contributed by atoms with van der Waals surface area (Å²) in [6.45, 7) is 7.59. The first-order chi connectivity index (χ1) is 12.4. The van der Waals surface area contributed by atoms with Crippen molar-refractivity contribution in [3.63, 3.8) is 0 Å². The lowest BCUT2D eigenvalue weighted by Crippen LogP contribution is -2.21. The predicted molar refractivity (Wildman–Crippen MR) is 103 cm³/mol. The van der Waals surface area contributed by atoms with E-state index < -0.39 is 14.3 Å². The highest BCUT2D eigenvalue weighted by Crippen LogP contribution is 2.36. The summed E-state index contributed by atoms with van der Waals surface area (Å²) in [5, 5.41) is 13.9. The maximum absolute atomic E-state index is 12.1. The van der Waals surface area contributed by atoms with Gasteiger partial charge in [-0.15, -0.1) is 0 Å². The third-order valence-corrected chi connectivity index (χ3v) is 5.41. The topological polar surface area (TPSA) is 99.0 Å². The van der Waals surface area contributed by atoms with Gasteiger partial charge in [0.25, 0.3) is 0 Å². The number of cyclic esters (lactones) is 1. The second-order valence-electron chi connectivity index (χ2n) is 6.55. The van der Waals surface area contributed by atoms with Gasteiger partial charge in [-0.25, -0.2) is 4.79 Å². The number of rotatable bonds is 8. The van der Waals surface area contributed by atoms with E-state index >= 15 is 0 Å². The van der Waals surface area contributed by atoms with Gasteiger partial charge in [0.1, 0.15) is 11.3 Å². The number of carbonyl (C=O) groups excluding carboxylic acids is 1. The van der Waals surface area contributed by atoms with Crippen LogP contribution in [-0.4, -0.2) is 46.7 Å². The molecule has 1 aromatic rings. The van der Waals surface area contributed by atoms with Crippen LogP contribution in [0.2, 0.25) is 0 Å². The summed E-state index contributed by atoms with van der Waals surface area (Å²) in [6.07, 6.45) is 4.34. The Kier molecular flexibility index (Phi) is 7.59. The van der Waals surface area contributed by atoms with Crippen LogP contribution < -0.4 is 5.32 Å². The molecule has 0 aliphatic carbocycles. The molecule has 26 heavy (non-hydrogen) atoms. The molecule has 4 N–H and O–H groups in total. The second kappa shape index (κ2) is 9.47. The highest BCUT2D eigenvalue weighted by molar-refractivity contribution is 7.45. The zero-order valence-electron chi connectivity index (χ0n) is 15.6. The van der Waals surface area contributed by atoms with E-state index in [1.807, 2.05) is 19.9 Å². The van der Waals surface area contributed by atoms with E-state index in [0.717, 1.165) is 34.2 Å². The maximum Gasteiger partial charge on any atom is 0.342 e. The van der Waals surface area contributed by atoms with Crippen LogP contribution in [0.1, 0.15) is 46.5 Å². The molecule has 1 aromatic carbocycles. The fourth-order valence-electron chi connectivity index (χ4n) is 3.39. The van der Waals surface area contributed by atoms with Crippen molar-refractivity contribution < 1.29 is 24.4 Å². The van der Waals surface area contributed by atoms with Crippen LogP contribution in [0.4, 0.5) is 0 Å². The van der Waals surface area contributed by atoms with Crippen molar-refractivity contribution in [1.82, 2.24) is 5.32 Å². The summed E-state index contributed by atoms with van der Waals surface area (Å²) in [7, 11) is -1.86. The molecular weight excluding hydrogens is 353 g/mol. The Morgan fingerprint density at radius 3 is 2.73 bits per heavy atom. The fraction of sp³-hybridized carbons (Fsp3) is 0.526. The van der Waals surface area contributed by atoms with Gasteiger partial charge in [0.15, 0.2) is 8.38 Å². The van der Waals surface area contributed by atoms with Crippen molar-refractivity contribution in [1.29, 1.82) is 0 Å². The minimum absolute atomic E-state index is 0.0513. The molecule has 0 saturated carbocycles. The van der Waals surface area contributed by atoms with E-state index in [4.69, 9.17) is 14.5 Å². The Morgan fingerprint density at radius 1 is 1.35 bits per heavy atom. The quantitative estimate of drug-likeness (QED) is 0.239. The summed E-state index contributed by atoms with van der Waals surface area (Å²) < 4.78 is 5.12. The Bertz CT molecular complexity index is 700. The number of esters is 1. The van der Waals surface area contributed by atoms with E-state index in [2.05, 4.69) is 12.2 Å². The molecule has 2 rings (SSSR count). The van der Waals surface area contributed by atoms with Crippen molar-refractivity contribution in [3.05, 3.63) is 39.5 Å². The molecule has 1 aliphatic heterocycles. The van der Waals surface area contributed by atoms with Crippen LogP contribution in [0, 0.1) is 6.92 Å². The van der Waals surface area contributed by atoms with Gasteiger partial charge in [-0.3, -0.25) is 0 Å². The van der Waals surface area contributed by atoms with Crippen LogP contribution in [0.15, 0.2) is 11.6 Å². The number of hydrogen-bond acceptors (Lipinski definition) is 6. The number of ether oxygens (including phenoxy) is 1. The number of nitrogens with one attached hydrogen (secondary N) is 1. The van der Waals surface area contributed by atoms with Crippen molar-refractivity contribution in [3.8, 4) is 5.75 Å². The third kappa shape index (κ3) is 4.83. The SMILES string of the molecule is CCc1c(C)c2c(c(O)c1C/C=C(\C)CNCCP(O)O)C(=O)OCC2. The molecule has 0 atom stereocenters. The van der Waals surface area contributed by atoms with Gasteiger partial charge in [-0.2, -0.15) is 0 Å². The lowest BCUT2D eigenvalue weighted by atomic mass is 9.86. The summed E-state index contributed by atoms with van der Waals surface area (Å²) in [6, 6.07) is 0. The summed E-state index contributed by atoms with van der Waals surface area (Å²) in [4.78, 5) is 29.9. The van der Waals surface area contributed by atoms with E-state index in [0.29, 0.717) is 44.3 Å². The number of aromatic hydroxyl groups is 1. The molecule has 0 spiro atoms. The van der Waals surface area contributed by atoms with Gasteiger partial charge in [-0.05, 0) is 43.4 Å². The van der Waals surface area contributed by atoms with Crippen LogP contribution in [0.5, 0.6) is 5.75 Å². The summed E-state index contributed by atoms with van der Waals surface area (Å²) >= 11 is 0. The zero-order valence-corrected chi connectivity index (χ0v) is 16.5. The molecule has 0 unspecified atom stereocenters. The first-order valence-electron chi connectivity index (χ1n) is 8.91. The average molecular weight is 381 g/mol. The number of phenolic OH excluding ortho intramolecular Hbond substituents is 1. The number of hydrogen-bond donors (Lipinski definition) is 4. The van der Waals surface area contributed by atoms with Crippen molar-refractivity contribution in [2.75, 3.05) is 25.9 Å². The summed E-state index contributed by atoms with van der Waals surface area (Å²) in [5.41, 5.74) is 5.28. The van der Waals surface area contributed by atoms with Gasteiger partial charge in [0.05, 0.1) is 6.61 Å². The van der Waals surface area contributed by atoms with E-state index in [9.17, 15) is 9.90 Å². The Morgan fingerprint density at radius 2 is 2.08 bits per heavy atom. The number of benzene rings is 1.